The second-order valence-electron chi connectivity index (χ2n) is 4.99. The fourth-order valence-corrected chi connectivity index (χ4v) is 3.62. The molecule has 0 aliphatic carbocycles. The van der Waals surface area contributed by atoms with E-state index in [0.29, 0.717) is 5.56 Å². The van der Waals surface area contributed by atoms with Gasteiger partial charge in [-0.25, -0.2) is 0 Å². The van der Waals surface area contributed by atoms with Gasteiger partial charge in [0.2, 0.25) is 0 Å². The van der Waals surface area contributed by atoms with Gasteiger partial charge in [0.1, 0.15) is 4.90 Å². The van der Waals surface area contributed by atoms with Crippen LogP contribution in [-0.4, -0.2) is 19.2 Å². The van der Waals surface area contributed by atoms with Gasteiger partial charge in [0.15, 0.2) is 5.84 Å². The van der Waals surface area contributed by atoms with E-state index < -0.39 is 14.9 Å². The average Bonchev–Trinajstić information content (AvgIpc) is 2.78. The predicted octanol–water partition coefficient (Wildman–Crippen LogP) is 2.72. The van der Waals surface area contributed by atoms with Gasteiger partial charge in [0.25, 0.3) is 15.7 Å². The van der Waals surface area contributed by atoms with Gasteiger partial charge in [0, 0.05) is 23.4 Å². The zero-order valence-corrected chi connectivity index (χ0v) is 13.0. The molecule has 1 heterocycles. The van der Waals surface area contributed by atoms with Gasteiger partial charge < -0.3 is 5.32 Å². The molecule has 0 radical (unpaired) electrons. The van der Waals surface area contributed by atoms with E-state index in [1.807, 2.05) is 31.2 Å². The molecule has 0 fully saturated rings. The van der Waals surface area contributed by atoms with E-state index in [9.17, 15) is 18.5 Å². The zero-order valence-electron chi connectivity index (χ0n) is 12.2. The van der Waals surface area contributed by atoms with E-state index in [1.54, 1.807) is 0 Å². The average molecular weight is 331 g/mol. The van der Waals surface area contributed by atoms with Crippen LogP contribution < -0.4 is 5.32 Å². The number of benzene rings is 2. The number of nitrogens with zero attached hydrogens (tertiary/aromatic N) is 2. The van der Waals surface area contributed by atoms with Crippen molar-refractivity contribution in [1.29, 1.82) is 0 Å². The standard InChI is InChI=1S/C15H13N3O4S/c1-2-10-5-3-4-6-13(10)16-15-12-8-7-11(18(19)20)9-14(12)23(21,22)17-15/h3-9H,2H2,1H3,(H,16,17). The van der Waals surface area contributed by atoms with Crippen LogP contribution in [-0.2, 0) is 16.4 Å². The number of hydrogen-bond donors (Lipinski definition) is 1. The summed E-state index contributed by atoms with van der Waals surface area (Å²) >= 11 is 0. The Morgan fingerprint density at radius 3 is 2.65 bits per heavy atom. The molecule has 8 heteroatoms. The Morgan fingerprint density at radius 1 is 1.22 bits per heavy atom. The summed E-state index contributed by atoms with van der Waals surface area (Å²) in [5.74, 6) is 0.177. The van der Waals surface area contributed by atoms with Crippen LogP contribution in [0.15, 0.2) is 51.8 Å². The van der Waals surface area contributed by atoms with Crippen molar-refractivity contribution in [3.05, 3.63) is 63.7 Å². The second kappa shape index (κ2) is 5.47. The number of sulfonamides is 1. The van der Waals surface area contributed by atoms with Crippen LogP contribution in [0.3, 0.4) is 0 Å². The van der Waals surface area contributed by atoms with Crippen LogP contribution in [0, 0.1) is 10.1 Å². The monoisotopic (exact) mass is 331 g/mol. The molecule has 1 aliphatic rings. The molecule has 1 aliphatic heterocycles. The minimum absolute atomic E-state index is 0.150. The minimum atomic E-state index is -3.93. The summed E-state index contributed by atoms with van der Waals surface area (Å²) in [6, 6.07) is 11.2. The molecule has 23 heavy (non-hydrogen) atoms. The number of amidine groups is 1. The summed E-state index contributed by atoms with van der Waals surface area (Å²) in [6.07, 6.45) is 0.774. The van der Waals surface area contributed by atoms with Crippen molar-refractivity contribution in [2.45, 2.75) is 18.2 Å². The summed E-state index contributed by atoms with van der Waals surface area (Å²) in [4.78, 5) is 10.0. The Bertz CT molecular complexity index is 935. The van der Waals surface area contributed by atoms with E-state index in [-0.39, 0.29) is 16.4 Å². The quantitative estimate of drug-likeness (QED) is 0.688. The summed E-state index contributed by atoms with van der Waals surface area (Å²) in [5, 5.41) is 13.8. The maximum Gasteiger partial charge on any atom is 0.285 e. The van der Waals surface area contributed by atoms with Gasteiger partial charge in [-0.15, -0.1) is 4.40 Å². The number of rotatable bonds is 3. The highest BCUT2D eigenvalue weighted by molar-refractivity contribution is 7.90. The number of aryl methyl sites for hydroxylation is 1. The topological polar surface area (TPSA) is 102 Å². The zero-order chi connectivity index (χ0) is 16.6. The summed E-state index contributed by atoms with van der Waals surface area (Å²) in [5.41, 5.74) is 1.83. The number of hydrogen-bond acceptors (Lipinski definition) is 5. The third-order valence-corrected chi connectivity index (χ3v) is 4.89. The maximum absolute atomic E-state index is 12.1. The van der Waals surface area contributed by atoms with Crippen LogP contribution in [0.2, 0.25) is 0 Å². The molecule has 0 spiro atoms. The molecule has 0 saturated carbocycles. The van der Waals surface area contributed by atoms with Crippen LogP contribution in [0.25, 0.3) is 0 Å². The molecular weight excluding hydrogens is 318 g/mol. The number of anilines is 1. The Morgan fingerprint density at radius 2 is 1.96 bits per heavy atom. The SMILES string of the molecule is CCc1ccccc1NC1=NS(=O)(=O)c2cc([N+](=O)[O-])ccc21. The highest BCUT2D eigenvalue weighted by atomic mass is 32.2. The normalized spacial score (nSPS) is 14.9. The lowest BCUT2D eigenvalue weighted by molar-refractivity contribution is -0.385. The van der Waals surface area contributed by atoms with Crippen molar-refractivity contribution in [2.75, 3.05) is 5.32 Å². The molecule has 0 aromatic heterocycles. The molecule has 0 saturated heterocycles. The summed E-state index contributed by atoms with van der Waals surface area (Å²) < 4.78 is 28.0. The Balaban J connectivity index is 2.06. The van der Waals surface area contributed by atoms with E-state index >= 15 is 0 Å². The highest BCUT2D eigenvalue weighted by Gasteiger charge is 2.31. The van der Waals surface area contributed by atoms with Gasteiger partial charge in [-0.2, -0.15) is 8.42 Å². The minimum Gasteiger partial charge on any atom is -0.339 e. The predicted molar refractivity (Wildman–Crippen MR) is 86.3 cm³/mol. The molecule has 3 rings (SSSR count). The van der Waals surface area contributed by atoms with Gasteiger partial charge in [0.05, 0.1) is 4.92 Å². The van der Waals surface area contributed by atoms with E-state index in [1.165, 1.54) is 12.1 Å². The van der Waals surface area contributed by atoms with Gasteiger partial charge in [-0.1, -0.05) is 25.1 Å². The number of nitrogens with one attached hydrogen (secondary N) is 1. The van der Waals surface area contributed by atoms with Crippen molar-refractivity contribution >= 4 is 27.2 Å². The number of non-ortho nitro benzene ring substituents is 1. The maximum atomic E-state index is 12.1. The van der Waals surface area contributed by atoms with Crippen LogP contribution >= 0.6 is 0 Å². The fourth-order valence-electron chi connectivity index (χ4n) is 2.42. The molecule has 1 N–H and O–H groups in total. The van der Waals surface area contributed by atoms with E-state index in [2.05, 4.69) is 9.71 Å². The molecular formula is C15H13N3O4S. The Hall–Kier alpha value is -2.74. The van der Waals surface area contributed by atoms with Gasteiger partial charge in [-0.3, -0.25) is 10.1 Å². The van der Waals surface area contributed by atoms with Crippen LogP contribution in [0.1, 0.15) is 18.1 Å². The molecule has 7 nitrogen and oxygen atoms in total. The lowest BCUT2D eigenvalue weighted by Gasteiger charge is -2.10. The number of fused-ring (bicyclic) bond motifs is 1. The molecule has 0 bridgehead atoms. The molecule has 2 aromatic carbocycles. The first-order valence-electron chi connectivity index (χ1n) is 6.91. The molecule has 0 atom stereocenters. The highest BCUT2D eigenvalue weighted by Crippen LogP contribution is 2.30. The van der Waals surface area contributed by atoms with Gasteiger partial charge >= 0.3 is 0 Å². The van der Waals surface area contributed by atoms with Crippen molar-refractivity contribution in [3.8, 4) is 0 Å². The second-order valence-corrected chi connectivity index (χ2v) is 6.56. The van der Waals surface area contributed by atoms with Crippen molar-refractivity contribution in [3.63, 3.8) is 0 Å². The van der Waals surface area contributed by atoms with Gasteiger partial charge in [-0.05, 0) is 24.1 Å². The fraction of sp³-hybridized carbons (Fsp3) is 0.133. The summed E-state index contributed by atoms with van der Waals surface area (Å²) in [6.45, 7) is 1.99. The molecule has 2 aromatic rings. The third-order valence-electron chi connectivity index (χ3n) is 3.57. The van der Waals surface area contributed by atoms with E-state index in [4.69, 9.17) is 0 Å². The first-order chi connectivity index (χ1) is 10.9. The largest absolute Gasteiger partial charge is 0.339 e. The molecule has 0 amide bonds. The smallest absolute Gasteiger partial charge is 0.285 e. The Labute approximate surface area is 132 Å². The molecule has 118 valence electrons. The lowest BCUT2D eigenvalue weighted by Crippen LogP contribution is -2.12. The lowest BCUT2D eigenvalue weighted by atomic mass is 10.1. The van der Waals surface area contributed by atoms with Crippen molar-refractivity contribution < 1.29 is 13.3 Å². The van der Waals surface area contributed by atoms with E-state index in [0.717, 1.165) is 23.7 Å². The van der Waals surface area contributed by atoms with Crippen LogP contribution in [0.5, 0.6) is 0 Å². The first-order valence-corrected chi connectivity index (χ1v) is 8.35. The van der Waals surface area contributed by atoms with Crippen molar-refractivity contribution in [2.24, 2.45) is 4.40 Å². The number of nitro groups is 1. The van der Waals surface area contributed by atoms with Crippen LogP contribution in [0.4, 0.5) is 11.4 Å². The number of para-hydroxylation sites is 1. The molecule has 0 unspecified atom stereocenters. The number of nitro benzene ring substituents is 1. The third kappa shape index (κ3) is 2.68. The Kier molecular flexibility index (Phi) is 3.61. The summed E-state index contributed by atoms with van der Waals surface area (Å²) in [7, 11) is -3.93. The first kappa shape index (κ1) is 15.2. The van der Waals surface area contributed by atoms with Crippen molar-refractivity contribution in [1.82, 2.24) is 0 Å².